The van der Waals surface area contributed by atoms with Gasteiger partial charge in [0.2, 0.25) is 5.88 Å². The second kappa shape index (κ2) is 9.18. The lowest BCUT2D eigenvalue weighted by molar-refractivity contribution is 0.0925. The first kappa shape index (κ1) is 20.3. The second-order valence-corrected chi connectivity index (χ2v) is 7.91. The van der Waals surface area contributed by atoms with E-state index in [-0.39, 0.29) is 5.78 Å². The average Bonchev–Trinajstić information content (AvgIpc) is 2.73. The van der Waals surface area contributed by atoms with Crippen LogP contribution in [0.15, 0.2) is 30.6 Å². The zero-order valence-corrected chi connectivity index (χ0v) is 17.1. The number of methoxy groups -OCH3 is 1. The summed E-state index contributed by atoms with van der Waals surface area (Å²) >= 11 is 0. The Bertz CT molecular complexity index is 796. The van der Waals surface area contributed by atoms with E-state index in [2.05, 4.69) is 29.9 Å². The molecule has 1 aliphatic rings. The molecular weight excluding hydrogens is 350 g/mol. The van der Waals surface area contributed by atoms with Crippen molar-refractivity contribution in [3.8, 4) is 5.88 Å². The lowest BCUT2D eigenvalue weighted by Crippen LogP contribution is -2.23. The van der Waals surface area contributed by atoms with Crippen molar-refractivity contribution in [2.75, 3.05) is 12.8 Å². The molecule has 0 unspecified atom stereocenters. The van der Waals surface area contributed by atoms with Gasteiger partial charge in [0, 0.05) is 29.9 Å². The van der Waals surface area contributed by atoms with Gasteiger partial charge in [-0.05, 0) is 74.1 Å². The van der Waals surface area contributed by atoms with E-state index in [1.165, 1.54) is 18.4 Å². The molecule has 0 saturated heterocycles. The Morgan fingerprint density at radius 1 is 1.21 bits per heavy atom. The topological polar surface area (TPSA) is 78.1 Å². The van der Waals surface area contributed by atoms with Crippen molar-refractivity contribution in [3.05, 3.63) is 47.3 Å². The molecular formula is C23H31N3O2. The Hall–Kier alpha value is -2.43. The SMILES string of the molecule is CC[C@H](CC(=O)c1ccc(N)nc1)C1CCC(c2ccnc(OC)c2C)CC1. The van der Waals surface area contributed by atoms with Crippen molar-refractivity contribution in [1.29, 1.82) is 0 Å². The Kier molecular flexibility index (Phi) is 6.65. The van der Waals surface area contributed by atoms with E-state index in [1.807, 2.05) is 6.20 Å². The fourth-order valence-electron chi connectivity index (χ4n) is 4.65. The van der Waals surface area contributed by atoms with Crippen LogP contribution in [-0.4, -0.2) is 22.9 Å². The Labute approximate surface area is 167 Å². The standard InChI is InChI=1S/C23H31N3O2/c1-4-16(13-21(27)19-9-10-22(24)26-14-19)17-5-7-18(8-6-17)20-11-12-25-23(28-3)15(20)2/h9-12,14,16-18H,4-8,13H2,1-3H3,(H2,24,26)/t16-,17?,18?/m1/s1. The van der Waals surface area contributed by atoms with E-state index in [0.29, 0.717) is 35.6 Å². The summed E-state index contributed by atoms with van der Waals surface area (Å²) in [6.07, 6.45) is 9.73. The van der Waals surface area contributed by atoms with Gasteiger partial charge in [0.25, 0.3) is 0 Å². The summed E-state index contributed by atoms with van der Waals surface area (Å²) in [5, 5.41) is 0. The molecule has 1 atom stereocenters. The lowest BCUT2D eigenvalue weighted by atomic mass is 9.71. The number of nitrogen functional groups attached to an aromatic ring is 1. The fraction of sp³-hybridized carbons (Fsp3) is 0.522. The quantitative estimate of drug-likeness (QED) is 0.687. The predicted octanol–water partition coefficient (Wildman–Crippen LogP) is 4.95. The van der Waals surface area contributed by atoms with Crippen LogP contribution < -0.4 is 10.5 Å². The number of carbonyl (C=O) groups is 1. The maximum atomic E-state index is 12.7. The highest BCUT2D eigenvalue weighted by atomic mass is 16.5. The molecule has 2 N–H and O–H groups in total. The molecule has 1 fully saturated rings. The van der Waals surface area contributed by atoms with Crippen molar-refractivity contribution in [1.82, 2.24) is 9.97 Å². The average molecular weight is 382 g/mol. The van der Waals surface area contributed by atoms with Gasteiger partial charge in [-0.15, -0.1) is 0 Å². The van der Waals surface area contributed by atoms with Crippen LogP contribution in [0.5, 0.6) is 5.88 Å². The van der Waals surface area contributed by atoms with Gasteiger partial charge < -0.3 is 10.5 Å². The number of carbonyl (C=O) groups excluding carboxylic acids is 1. The van der Waals surface area contributed by atoms with Crippen molar-refractivity contribution >= 4 is 11.6 Å². The van der Waals surface area contributed by atoms with E-state index in [4.69, 9.17) is 10.5 Å². The smallest absolute Gasteiger partial charge is 0.216 e. The van der Waals surface area contributed by atoms with Crippen LogP contribution >= 0.6 is 0 Å². The number of Topliss-reactive ketones (excluding diaryl/α,β-unsaturated/α-hetero) is 1. The van der Waals surface area contributed by atoms with E-state index < -0.39 is 0 Å². The number of nitrogens with zero attached hydrogens (tertiary/aromatic N) is 2. The van der Waals surface area contributed by atoms with Crippen molar-refractivity contribution < 1.29 is 9.53 Å². The van der Waals surface area contributed by atoms with E-state index in [9.17, 15) is 4.79 Å². The number of rotatable bonds is 7. The number of hydrogen-bond acceptors (Lipinski definition) is 5. The highest BCUT2D eigenvalue weighted by Crippen LogP contribution is 2.42. The molecule has 0 spiro atoms. The first-order valence-corrected chi connectivity index (χ1v) is 10.3. The minimum absolute atomic E-state index is 0.177. The van der Waals surface area contributed by atoms with E-state index >= 15 is 0 Å². The number of ketones is 1. The van der Waals surface area contributed by atoms with Crippen LogP contribution in [0, 0.1) is 18.8 Å². The van der Waals surface area contributed by atoms with Crippen LogP contribution in [0.25, 0.3) is 0 Å². The maximum Gasteiger partial charge on any atom is 0.216 e. The Morgan fingerprint density at radius 3 is 2.57 bits per heavy atom. The summed E-state index contributed by atoms with van der Waals surface area (Å²) in [5.74, 6) is 2.95. The molecule has 2 heterocycles. The molecule has 150 valence electrons. The molecule has 0 aromatic carbocycles. The number of nitrogens with two attached hydrogens (primary N) is 1. The molecule has 0 amide bonds. The summed E-state index contributed by atoms with van der Waals surface area (Å²) in [6.45, 7) is 4.30. The van der Waals surface area contributed by atoms with E-state index in [0.717, 1.165) is 30.7 Å². The van der Waals surface area contributed by atoms with Crippen LogP contribution in [-0.2, 0) is 0 Å². The van der Waals surface area contributed by atoms with Gasteiger partial charge in [-0.2, -0.15) is 0 Å². The molecule has 5 nitrogen and oxygen atoms in total. The molecule has 0 aliphatic heterocycles. The van der Waals surface area contributed by atoms with Gasteiger partial charge in [0.05, 0.1) is 7.11 Å². The summed E-state index contributed by atoms with van der Waals surface area (Å²) in [6, 6.07) is 5.62. The molecule has 28 heavy (non-hydrogen) atoms. The predicted molar refractivity (Wildman–Crippen MR) is 112 cm³/mol. The van der Waals surface area contributed by atoms with Crippen LogP contribution in [0.1, 0.15) is 72.9 Å². The Balaban J connectivity index is 1.61. The molecule has 1 aliphatic carbocycles. The molecule has 1 saturated carbocycles. The zero-order valence-electron chi connectivity index (χ0n) is 17.1. The van der Waals surface area contributed by atoms with Gasteiger partial charge in [-0.3, -0.25) is 4.79 Å². The summed E-state index contributed by atoms with van der Waals surface area (Å²) < 4.78 is 5.38. The zero-order chi connectivity index (χ0) is 20.1. The molecule has 5 heteroatoms. The second-order valence-electron chi connectivity index (χ2n) is 7.91. The van der Waals surface area contributed by atoms with Gasteiger partial charge >= 0.3 is 0 Å². The third-order valence-corrected chi connectivity index (χ3v) is 6.35. The van der Waals surface area contributed by atoms with E-state index in [1.54, 1.807) is 25.4 Å². The summed E-state index contributed by atoms with van der Waals surface area (Å²) in [4.78, 5) is 21.0. The number of aromatic nitrogens is 2. The van der Waals surface area contributed by atoms with Gasteiger partial charge in [-0.25, -0.2) is 9.97 Å². The molecule has 3 rings (SSSR count). The minimum atomic E-state index is 0.177. The van der Waals surface area contributed by atoms with Crippen molar-refractivity contribution in [2.24, 2.45) is 11.8 Å². The maximum absolute atomic E-state index is 12.7. The minimum Gasteiger partial charge on any atom is -0.481 e. The van der Waals surface area contributed by atoms with Crippen molar-refractivity contribution in [2.45, 2.75) is 58.3 Å². The summed E-state index contributed by atoms with van der Waals surface area (Å²) in [5.41, 5.74) is 8.82. The van der Waals surface area contributed by atoms with Crippen LogP contribution in [0.2, 0.25) is 0 Å². The number of pyridine rings is 2. The third kappa shape index (κ3) is 4.51. The summed E-state index contributed by atoms with van der Waals surface area (Å²) in [7, 11) is 1.68. The molecule has 2 aromatic rings. The lowest BCUT2D eigenvalue weighted by Gasteiger charge is -2.34. The largest absolute Gasteiger partial charge is 0.481 e. The normalized spacial score (nSPS) is 20.5. The highest BCUT2D eigenvalue weighted by Gasteiger charge is 2.30. The number of hydrogen-bond donors (Lipinski definition) is 1. The number of ether oxygens (including phenoxy) is 1. The highest BCUT2D eigenvalue weighted by molar-refractivity contribution is 5.96. The number of anilines is 1. The van der Waals surface area contributed by atoms with Gasteiger partial charge in [0.1, 0.15) is 5.82 Å². The molecule has 0 radical (unpaired) electrons. The first-order valence-electron chi connectivity index (χ1n) is 10.3. The Morgan fingerprint density at radius 2 is 1.96 bits per heavy atom. The van der Waals surface area contributed by atoms with Crippen LogP contribution in [0.4, 0.5) is 5.82 Å². The fourth-order valence-corrected chi connectivity index (χ4v) is 4.65. The third-order valence-electron chi connectivity index (χ3n) is 6.35. The first-order chi connectivity index (χ1) is 13.5. The van der Waals surface area contributed by atoms with Crippen molar-refractivity contribution in [3.63, 3.8) is 0 Å². The van der Waals surface area contributed by atoms with Gasteiger partial charge in [0.15, 0.2) is 5.78 Å². The molecule has 0 bridgehead atoms. The van der Waals surface area contributed by atoms with Gasteiger partial charge in [-0.1, -0.05) is 13.3 Å². The molecule has 2 aromatic heterocycles. The van der Waals surface area contributed by atoms with Crippen LogP contribution in [0.3, 0.4) is 0 Å². The monoisotopic (exact) mass is 381 g/mol.